The van der Waals surface area contributed by atoms with Crippen molar-refractivity contribution >= 4 is 34.1 Å². The third-order valence-electron chi connectivity index (χ3n) is 3.58. The van der Waals surface area contributed by atoms with E-state index in [0.29, 0.717) is 29.7 Å². The van der Waals surface area contributed by atoms with E-state index in [1.807, 2.05) is 25.1 Å². The predicted molar refractivity (Wildman–Crippen MR) is 90.6 cm³/mol. The van der Waals surface area contributed by atoms with E-state index in [1.54, 1.807) is 18.1 Å². The van der Waals surface area contributed by atoms with Crippen molar-refractivity contribution in [2.45, 2.75) is 6.92 Å². The van der Waals surface area contributed by atoms with Crippen LogP contribution in [0.4, 0.5) is 15.6 Å². The Balaban J connectivity index is 1.64. The van der Waals surface area contributed by atoms with Gasteiger partial charge in [0.2, 0.25) is 11.0 Å². The molecule has 9 heteroatoms. The second-order valence-electron chi connectivity index (χ2n) is 5.20. The molecule has 1 N–H and O–H groups in total. The molecular weight excluding hydrogens is 330 g/mol. The van der Waals surface area contributed by atoms with E-state index in [2.05, 4.69) is 15.5 Å². The maximum Gasteiger partial charge on any atom is 0.325 e. The van der Waals surface area contributed by atoms with E-state index in [9.17, 15) is 9.59 Å². The molecular formula is C15H17N5O3S. The van der Waals surface area contributed by atoms with Gasteiger partial charge >= 0.3 is 6.03 Å². The molecule has 2 aromatic rings. The number of carbonyl (C=O) groups is 2. The van der Waals surface area contributed by atoms with Crippen LogP contribution in [-0.4, -0.2) is 53.8 Å². The van der Waals surface area contributed by atoms with Crippen LogP contribution in [-0.2, 0) is 4.79 Å². The number of amides is 3. The molecule has 8 nitrogen and oxygen atoms in total. The number of hydrogen-bond acceptors (Lipinski definition) is 6. The summed E-state index contributed by atoms with van der Waals surface area (Å²) in [5.41, 5.74) is 0.702. The number of aromatic nitrogens is 2. The van der Waals surface area contributed by atoms with Crippen molar-refractivity contribution in [2.75, 3.05) is 37.0 Å². The lowest BCUT2D eigenvalue weighted by Gasteiger charge is -2.20. The molecule has 1 fully saturated rings. The molecule has 1 aliphatic heterocycles. The fourth-order valence-corrected chi connectivity index (χ4v) is 3.09. The lowest BCUT2D eigenvalue weighted by molar-refractivity contribution is -0.116. The Hall–Kier alpha value is -2.68. The number of para-hydroxylation sites is 2. The summed E-state index contributed by atoms with van der Waals surface area (Å²) in [6.45, 7) is 2.76. The monoisotopic (exact) mass is 347 g/mol. The molecule has 1 aromatic carbocycles. The van der Waals surface area contributed by atoms with E-state index in [4.69, 9.17) is 4.74 Å². The Morgan fingerprint density at radius 1 is 1.33 bits per heavy atom. The van der Waals surface area contributed by atoms with Crippen LogP contribution in [0.3, 0.4) is 0 Å². The van der Waals surface area contributed by atoms with Crippen LogP contribution in [0.2, 0.25) is 0 Å². The van der Waals surface area contributed by atoms with Gasteiger partial charge in [0.15, 0.2) is 0 Å². The van der Waals surface area contributed by atoms with E-state index in [-0.39, 0.29) is 18.5 Å². The van der Waals surface area contributed by atoms with Crippen molar-refractivity contribution < 1.29 is 14.3 Å². The van der Waals surface area contributed by atoms with Gasteiger partial charge in [0.25, 0.3) is 0 Å². The highest BCUT2D eigenvalue weighted by atomic mass is 32.1. The van der Waals surface area contributed by atoms with Gasteiger partial charge in [-0.15, -0.1) is 10.2 Å². The highest BCUT2D eigenvalue weighted by molar-refractivity contribution is 7.15. The molecule has 1 aliphatic rings. The molecule has 0 unspecified atom stereocenters. The number of urea groups is 1. The van der Waals surface area contributed by atoms with Gasteiger partial charge in [-0.25, -0.2) is 4.79 Å². The van der Waals surface area contributed by atoms with Gasteiger partial charge in [-0.05, 0) is 19.1 Å². The molecule has 1 aromatic heterocycles. The van der Waals surface area contributed by atoms with Gasteiger partial charge in [-0.3, -0.25) is 15.0 Å². The van der Waals surface area contributed by atoms with Crippen LogP contribution < -0.4 is 15.0 Å². The summed E-state index contributed by atoms with van der Waals surface area (Å²) in [5.74, 6) is 0.336. The van der Waals surface area contributed by atoms with E-state index in [0.717, 1.165) is 5.01 Å². The predicted octanol–water partition coefficient (Wildman–Crippen LogP) is 1.74. The van der Waals surface area contributed by atoms with Gasteiger partial charge in [0, 0.05) is 13.1 Å². The molecule has 0 atom stereocenters. The maximum atomic E-state index is 12.6. The Morgan fingerprint density at radius 2 is 2.12 bits per heavy atom. The Morgan fingerprint density at radius 3 is 2.83 bits per heavy atom. The molecule has 126 valence electrons. The Labute approximate surface area is 143 Å². The number of carbonyl (C=O) groups excluding carboxylic acids is 2. The van der Waals surface area contributed by atoms with Gasteiger partial charge < -0.3 is 9.64 Å². The zero-order valence-electron chi connectivity index (χ0n) is 13.4. The molecule has 3 amide bonds. The van der Waals surface area contributed by atoms with E-state index < -0.39 is 0 Å². The summed E-state index contributed by atoms with van der Waals surface area (Å²) >= 11 is 1.29. The van der Waals surface area contributed by atoms with Crippen LogP contribution in [0.15, 0.2) is 24.3 Å². The minimum atomic E-state index is -0.290. The van der Waals surface area contributed by atoms with Crippen molar-refractivity contribution in [3.05, 3.63) is 29.3 Å². The summed E-state index contributed by atoms with van der Waals surface area (Å²) in [6, 6.07) is 7.10. The molecule has 0 aliphatic carbocycles. The average molecular weight is 347 g/mol. The Bertz CT molecular complexity index is 763. The largest absolute Gasteiger partial charge is 0.495 e. The Kier molecular flexibility index (Phi) is 4.61. The van der Waals surface area contributed by atoms with Crippen LogP contribution >= 0.6 is 11.3 Å². The minimum Gasteiger partial charge on any atom is -0.495 e. The number of anilines is 2. The number of rotatable bonds is 5. The molecule has 24 heavy (non-hydrogen) atoms. The standard InChI is InChI=1S/C15H17N5O3S/c1-10-17-18-14(24-10)16-13(21)9-19-7-8-20(15(19)22)11-5-3-4-6-12(11)23-2/h3-6H,7-9H2,1-2H3,(H,16,18,21). The van der Waals surface area contributed by atoms with Crippen molar-refractivity contribution in [3.63, 3.8) is 0 Å². The third kappa shape index (κ3) is 3.30. The van der Waals surface area contributed by atoms with Crippen LogP contribution in [0.1, 0.15) is 5.01 Å². The van der Waals surface area contributed by atoms with Gasteiger partial charge in [-0.1, -0.05) is 23.5 Å². The molecule has 0 bridgehead atoms. The minimum absolute atomic E-state index is 0.0247. The fraction of sp³-hybridized carbons (Fsp3) is 0.333. The van der Waals surface area contributed by atoms with E-state index in [1.165, 1.54) is 16.2 Å². The summed E-state index contributed by atoms with van der Waals surface area (Å²) in [4.78, 5) is 27.7. The maximum absolute atomic E-state index is 12.6. The third-order valence-corrected chi connectivity index (χ3v) is 4.33. The zero-order chi connectivity index (χ0) is 17.1. The summed E-state index contributed by atoms with van der Waals surface area (Å²) in [5, 5.41) is 11.5. The van der Waals surface area contributed by atoms with Gasteiger partial charge in [0.1, 0.15) is 17.3 Å². The second-order valence-corrected chi connectivity index (χ2v) is 6.38. The first-order chi connectivity index (χ1) is 11.6. The molecule has 0 saturated carbocycles. The normalized spacial score (nSPS) is 14.2. The number of hydrogen-bond donors (Lipinski definition) is 1. The topological polar surface area (TPSA) is 87.7 Å². The van der Waals surface area contributed by atoms with Crippen LogP contribution in [0.5, 0.6) is 5.75 Å². The molecule has 2 heterocycles. The van der Waals surface area contributed by atoms with Crippen molar-refractivity contribution in [2.24, 2.45) is 0 Å². The molecule has 0 spiro atoms. The summed E-state index contributed by atoms with van der Waals surface area (Å²) < 4.78 is 5.30. The number of aryl methyl sites for hydroxylation is 1. The van der Waals surface area contributed by atoms with Crippen LogP contribution in [0, 0.1) is 6.92 Å². The highest BCUT2D eigenvalue weighted by Gasteiger charge is 2.32. The number of nitrogens with one attached hydrogen (secondary N) is 1. The summed E-state index contributed by atoms with van der Waals surface area (Å²) in [6.07, 6.45) is 0. The van der Waals surface area contributed by atoms with Gasteiger partial charge in [0.05, 0.1) is 12.8 Å². The quantitative estimate of drug-likeness (QED) is 0.890. The first-order valence-electron chi connectivity index (χ1n) is 7.38. The number of methoxy groups -OCH3 is 1. The summed E-state index contributed by atoms with van der Waals surface area (Å²) in [7, 11) is 1.56. The molecule has 0 radical (unpaired) electrons. The first kappa shape index (κ1) is 16.2. The fourth-order valence-electron chi connectivity index (χ4n) is 2.48. The number of ether oxygens (including phenoxy) is 1. The van der Waals surface area contributed by atoms with Crippen molar-refractivity contribution in [1.29, 1.82) is 0 Å². The van der Waals surface area contributed by atoms with Gasteiger partial charge in [-0.2, -0.15) is 0 Å². The smallest absolute Gasteiger partial charge is 0.325 e. The number of nitrogens with zero attached hydrogens (tertiary/aromatic N) is 4. The lowest BCUT2D eigenvalue weighted by Crippen LogP contribution is -2.37. The zero-order valence-corrected chi connectivity index (χ0v) is 14.2. The average Bonchev–Trinajstić information content (AvgIpc) is 3.14. The first-order valence-corrected chi connectivity index (χ1v) is 8.19. The number of benzene rings is 1. The molecule has 1 saturated heterocycles. The molecule has 3 rings (SSSR count). The second kappa shape index (κ2) is 6.83. The SMILES string of the molecule is COc1ccccc1N1CCN(CC(=O)Nc2nnc(C)s2)C1=O. The van der Waals surface area contributed by atoms with E-state index >= 15 is 0 Å². The van der Waals surface area contributed by atoms with Crippen molar-refractivity contribution in [3.8, 4) is 5.75 Å². The highest BCUT2D eigenvalue weighted by Crippen LogP contribution is 2.30. The van der Waals surface area contributed by atoms with Crippen molar-refractivity contribution in [1.82, 2.24) is 15.1 Å². The van der Waals surface area contributed by atoms with Crippen LogP contribution in [0.25, 0.3) is 0 Å². The lowest BCUT2D eigenvalue weighted by atomic mass is 10.2.